The zero-order valence-electron chi connectivity index (χ0n) is 11.8. The first-order valence-electron chi connectivity index (χ1n) is 6.89. The Balaban J connectivity index is 2.54. The highest BCUT2D eigenvalue weighted by Crippen LogP contribution is 2.30. The number of likely N-dealkylation sites (tertiary alicyclic amines) is 1. The Morgan fingerprint density at radius 1 is 1.38 bits per heavy atom. The predicted molar refractivity (Wildman–Crippen MR) is 71.8 cm³/mol. The Labute approximate surface area is 102 Å². The second-order valence-electron chi connectivity index (χ2n) is 6.21. The van der Waals surface area contributed by atoms with Gasteiger partial charge in [0.15, 0.2) is 0 Å². The van der Waals surface area contributed by atoms with E-state index in [1.807, 2.05) is 0 Å². The van der Waals surface area contributed by atoms with Gasteiger partial charge in [-0.15, -0.1) is 0 Å². The molecular formula is C14H30N2. The fraction of sp³-hybridized carbons (Fsp3) is 1.00. The lowest BCUT2D eigenvalue weighted by Gasteiger charge is -2.35. The molecule has 96 valence electrons. The Morgan fingerprint density at radius 3 is 2.50 bits per heavy atom. The van der Waals surface area contributed by atoms with Crippen molar-refractivity contribution in [2.45, 2.75) is 53.0 Å². The van der Waals surface area contributed by atoms with Crippen LogP contribution in [0.4, 0.5) is 0 Å². The summed E-state index contributed by atoms with van der Waals surface area (Å²) < 4.78 is 0. The molecule has 0 radical (unpaired) electrons. The number of nitrogens with one attached hydrogen (secondary N) is 1. The van der Waals surface area contributed by atoms with Crippen LogP contribution >= 0.6 is 0 Å². The van der Waals surface area contributed by atoms with Crippen molar-refractivity contribution in [3.05, 3.63) is 0 Å². The molecule has 3 unspecified atom stereocenters. The van der Waals surface area contributed by atoms with Crippen LogP contribution in [0.5, 0.6) is 0 Å². The second kappa shape index (κ2) is 6.02. The molecule has 0 aliphatic carbocycles. The first kappa shape index (κ1) is 14.0. The lowest BCUT2D eigenvalue weighted by Crippen LogP contribution is -2.43. The molecule has 16 heavy (non-hydrogen) atoms. The maximum atomic E-state index is 3.37. The largest absolute Gasteiger partial charge is 0.319 e. The number of hydrogen-bond acceptors (Lipinski definition) is 2. The summed E-state index contributed by atoms with van der Waals surface area (Å²) in [4.78, 5) is 2.69. The van der Waals surface area contributed by atoms with Crippen molar-refractivity contribution in [3.8, 4) is 0 Å². The highest BCUT2D eigenvalue weighted by Gasteiger charge is 2.32. The van der Waals surface area contributed by atoms with Gasteiger partial charge in [-0.25, -0.2) is 0 Å². The summed E-state index contributed by atoms with van der Waals surface area (Å²) in [5, 5.41) is 3.37. The number of rotatable bonds is 6. The molecule has 0 aromatic rings. The standard InChI is InChI=1S/C14H30N2/c1-6-7-14(4,10-15-5)11-16-9-12(2)8-13(16)3/h12-13,15H,6-11H2,1-5H3. The molecule has 2 heteroatoms. The molecule has 0 saturated carbocycles. The van der Waals surface area contributed by atoms with Crippen molar-refractivity contribution in [2.75, 3.05) is 26.7 Å². The maximum Gasteiger partial charge on any atom is 0.00702 e. The van der Waals surface area contributed by atoms with Gasteiger partial charge in [-0.1, -0.05) is 27.2 Å². The third-order valence-electron chi connectivity index (χ3n) is 3.95. The third kappa shape index (κ3) is 3.74. The molecule has 0 aromatic heterocycles. The highest BCUT2D eigenvalue weighted by atomic mass is 15.2. The fourth-order valence-electron chi connectivity index (χ4n) is 3.35. The van der Waals surface area contributed by atoms with Gasteiger partial charge in [-0.2, -0.15) is 0 Å². The van der Waals surface area contributed by atoms with Gasteiger partial charge in [-0.3, -0.25) is 4.90 Å². The summed E-state index contributed by atoms with van der Waals surface area (Å²) in [6, 6.07) is 0.781. The fourth-order valence-corrected chi connectivity index (χ4v) is 3.35. The van der Waals surface area contributed by atoms with Crippen molar-refractivity contribution in [1.82, 2.24) is 10.2 Å². The van der Waals surface area contributed by atoms with Gasteiger partial charge in [0.05, 0.1) is 0 Å². The molecule has 1 saturated heterocycles. The molecule has 0 amide bonds. The Hall–Kier alpha value is -0.0800. The quantitative estimate of drug-likeness (QED) is 0.749. The summed E-state index contributed by atoms with van der Waals surface area (Å²) in [6.07, 6.45) is 3.99. The van der Waals surface area contributed by atoms with Crippen LogP contribution in [0.1, 0.15) is 47.0 Å². The average molecular weight is 226 g/mol. The van der Waals surface area contributed by atoms with Crippen LogP contribution in [0.15, 0.2) is 0 Å². The monoisotopic (exact) mass is 226 g/mol. The molecule has 0 aromatic carbocycles. The van der Waals surface area contributed by atoms with Crippen LogP contribution in [0.3, 0.4) is 0 Å². The van der Waals surface area contributed by atoms with E-state index in [1.165, 1.54) is 32.4 Å². The lowest BCUT2D eigenvalue weighted by atomic mass is 9.84. The van der Waals surface area contributed by atoms with Crippen molar-refractivity contribution in [3.63, 3.8) is 0 Å². The summed E-state index contributed by atoms with van der Waals surface area (Å²) in [7, 11) is 2.07. The molecule has 1 fully saturated rings. The van der Waals surface area contributed by atoms with E-state index in [4.69, 9.17) is 0 Å². The van der Waals surface area contributed by atoms with Gasteiger partial charge >= 0.3 is 0 Å². The predicted octanol–water partition coefficient (Wildman–Crippen LogP) is 2.74. The lowest BCUT2D eigenvalue weighted by molar-refractivity contribution is 0.145. The second-order valence-corrected chi connectivity index (χ2v) is 6.21. The first-order valence-corrected chi connectivity index (χ1v) is 6.89. The zero-order chi connectivity index (χ0) is 12.2. The Morgan fingerprint density at radius 2 is 2.06 bits per heavy atom. The molecule has 1 heterocycles. The Kier molecular flexibility index (Phi) is 5.26. The molecule has 0 bridgehead atoms. The van der Waals surface area contributed by atoms with Crippen LogP contribution in [-0.4, -0.2) is 37.6 Å². The van der Waals surface area contributed by atoms with Crippen molar-refractivity contribution in [2.24, 2.45) is 11.3 Å². The molecule has 1 rings (SSSR count). The van der Waals surface area contributed by atoms with Crippen LogP contribution in [0.25, 0.3) is 0 Å². The van der Waals surface area contributed by atoms with E-state index in [2.05, 4.69) is 45.0 Å². The number of hydrogen-bond donors (Lipinski definition) is 1. The van der Waals surface area contributed by atoms with E-state index < -0.39 is 0 Å². The van der Waals surface area contributed by atoms with E-state index in [-0.39, 0.29) is 0 Å². The third-order valence-corrected chi connectivity index (χ3v) is 3.95. The van der Waals surface area contributed by atoms with E-state index in [0.717, 1.165) is 18.5 Å². The van der Waals surface area contributed by atoms with Crippen LogP contribution in [-0.2, 0) is 0 Å². The first-order chi connectivity index (χ1) is 7.50. The summed E-state index contributed by atoms with van der Waals surface area (Å²) >= 11 is 0. The molecule has 1 N–H and O–H groups in total. The van der Waals surface area contributed by atoms with Crippen LogP contribution in [0.2, 0.25) is 0 Å². The average Bonchev–Trinajstić information content (AvgIpc) is 2.45. The maximum absolute atomic E-state index is 3.37. The zero-order valence-corrected chi connectivity index (χ0v) is 11.8. The van der Waals surface area contributed by atoms with E-state index >= 15 is 0 Å². The van der Waals surface area contributed by atoms with Gasteiger partial charge in [0.2, 0.25) is 0 Å². The normalized spacial score (nSPS) is 30.6. The molecule has 2 nitrogen and oxygen atoms in total. The van der Waals surface area contributed by atoms with Gasteiger partial charge in [0.1, 0.15) is 0 Å². The molecule has 1 aliphatic rings. The van der Waals surface area contributed by atoms with Crippen molar-refractivity contribution in [1.29, 1.82) is 0 Å². The van der Waals surface area contributed by atoms with Crippen LogP contribution < -0.4 is 5.32 Å². The summed E-state index contributed by atoms with van der Waals surface area (Å²) in [5.74, 6) is 0.885. The Bertz CT molecular complexity index is 197. The minimum absolute atomic E-state index is 0.446. The number of nitrogens with zero attached hydrogens (tertiary/aromatic N) is 1. The molecule has 1 aliphatic heterocycles. The molecular weight excluding hydrogens is 196 g/mol. The van der Waals surface area contributed by atoms with E-state index in [1.54, 1.807) is 0 Å². The van der Waals surface area contributed by atoms with E-state index in [9.17, 15) is 0 Å². The van der Waals surface area contributed by atoms with Gasteiger partial charge < -0.3 is 5.32 Å². The molecule has 3 atom stereocenters. The van der Waals surface area contributed by atoms with Gasteiger partial charge in [-0.05, 0) is 38.1 Å². The van der Waals surface area contributed by atoms with Gasteiger partial charge in [0.25, 0.3) is 0 Å². The minimum Gasteiger partial charge on any atom is -0.319 e. The van der Waals surface area contributed by atoms with Gasteiger partial charge in [0, 0.05) is 25.7 Å². The summed E-state index contributed by atoms with van der Waals surface area (Å²) in [6.45, 7) is 13.2. The minimum atomic E-state index is 0.446. The highest BCUT2D eigenvalue weighted by molar-refractivity contribution is 4.87. The summed E-state index contributed by atoms with van der Waals surface area (Å²) in [5.41, 5.74) is 0.446. The SMILES string of the molecule is CCCC(C)(CNC)CN1CC(C)CC1C. The van der Waals surface area contributed by atoms with Crippen molar-refractivity contribution < 1.29 is 0 Å². The van der Waals surface area contributed by atoms with Crippen molar-refractivity contribution >= 4 is 0 Å². The van der Waals surface area contributed by atoms with Crippen LogP contribution in [0, 0.1) is 11.3 Å². The smallest absolute Gasteiger partial charge is 0.00702 e. The topological polar surface area (TPSA) is 15.3 Å². The van der Waals surface area contributed by atoms with E-state index in [0.29, 0.717) is 5.41 Å². The molecule has 0 spiro atoms.